The molecule has 2 amide bonds. The molecule has 1 aliphatic heterocycles. The summed E-state index contributed by atoms with van der Waals surface area (Å²) in [7, 11) is -1.08. The summed E-state index contributed by atoms with van der Waals surface area (Å²) in [5, 5.41) is 11.0. The van der Waals surface area contributed by atoms with Gasteiger partial charge in [0.1, 0.15) is 5.75 Å². The molecule has 0 bridgehead atoms. The number of hydrogen-bond donors (Lipinski definition) is 2. The molecule has 7 nitrogen and oxygen atoms in total. The highest BCUT2D eigenvalue weighted by Gasteiger charge is 2.51. The summed E-state index contributed by atoms with van der Waals surface area (Å²) in [5.74, 6) is 0.883. The Kier molecular flexibility index (Phi) is 5.98. The predicted molar refractivity (Wildman–Crippen MR) is 134 cm³/mol. The van der Waals surface area contributed by atoms with E-state index in [0.717, 1.165) is 30.5 Å². The first-order chi connectivity index (χ1) is 15.4. The number of aromatic amines is 1. The Morgan fingerprint density at radius 2 is 1.91 bits per heavy atom. The maximum absolute atomic E-state index is 13.4. The minimum Gasteiger partial charge on any atom is -0.479 e. The first-order valence-electron chi connectivity index (χ1n) is 11.2. The molecule has 180 valence electrons. The Morgan fingerprint density at radius 1 is 1.24 bits per heavy atom. The molecule has 1 fully saturated rings. The average Bonchev–Trinajstić information content (AvgIpc) is 3.19. The number of nitrogens with one attached hydrogen (secondary N) is 2. The van der Waals surface area contributed by atoms with E-state index in [1.807, 2.05) is 26.0 Å². The predicted octanol–water partition coefficient (Wildman–Crippen LogP) is 4.66. The number of anilines is 1. The van der Waals surface area contributed by atoms with Crippen molar-refractivity contribution in [1.29, 1.82) is 0 Å². The molecule has 0 saturated heterocycles. The zero-order valence-electron chi connectivity index (χ0n) is 20.1. The van der Waals surface area contributed by atoms with E-state index in [1.165, 1.54) is 0 Å². The van der Waals surface area contributed by atoms with Gasteiger partial charge in [0, 0.05) is 5.56 Å². The smallest absolute Gasteiger partial charge is 0.264 e. The van der Waals surface area contributed by atoms with Crippen LogP contribution in [0.2, 0.25) is 5.02 Å². The molecular weight excluding hydrogens is 460 g/mol. The van der Waals surface area contributed by atoms with Gasteiger partial charge in [0.15, 0.2) is 11.9 Å². The zero-order chi connectivity index (χ0) is 24.2. The van der Waals surface area contributed by atoms with Gasteiger partial charge < -0.3 is 15.0 Å². The van der Waals surface area contributed by atoms with Crippen molar-refractivity contribution in [3.63, 3.8) is 0 Å². The third-order valence-electron chi connectivity index (χ3n) is 7.20. The summed E-state index contributed by atoms with van der Waals surface area (Å²) in [6.45, 7) is 6.01. The number of ether oxygens (including phenoxy) is 1. The molecule has 0 spiro atoms. The van der Waals surface area contributed by atoms with E-state index in [-0.39, 0.29) is 16.6 Å². The number of fused-ring (bicyclic) bond motifs is 1. The molecule has 33 heavy (non-hydrogen) atoms. The molecule has 1 saturated carbocycles. The van der Waals surface area contributed by atoms with Gasteiger partial charge in [-0.05, 0) is 70.9 Å². The summed E-state index contributed by atoms with van der Waals surface area (Å²) in [6, 6.07) is 7.11. The Labute approximate surface area is 201 Å². The van der Waals surface area contributed by atoms with Gasteiger partial charge in [-0.25, -0.2) is 10.0 Å². The molecule has 9 heteroatoms. The van der Waals surface area contributed by atoms with Gasteiger partial charge >= 0.3 is 0 Å². The zero-order valence-corrected chi connectivity index (χ0v) is 21.7. The number of carbonyl (C=O) groups excluding carboxylic acids is 2. The number of amides is 2. The molecule has 2 aromatic rings. The number of H-pyrrole nitrogens is 1. The minimum atomic E-state index is -1.08. The van der Waals surface area contributed by atoms with Crippen molar-refractivity contribution in [3.05, 3.63) is 40.5 Å². The van der Waals surface area contributed by atoms with E-state index in [2.05, 4.69) is 34.3 Å². The van der Waals surface area contributed by atoms with Crippen LogP contribution >= 0.6 is 21.6 Å². The van der Waals surface area contributed by atoms with Crippen LogP contribution in [0, 0.1) is 0 Å². The lowest BCUT2D eigenvalue weighted by Gasteiger charge is -2.53. The summed E-state index contributed by atoms with van der Waals surface area (Å²) < 4.78 is 5.57. The SMILES string of the molecule is CC(Oc1ccccc1Cl)C(=O)N1Cc2c(NC(=O)C3(S(C)(C)C)CCC3)n[nH]c2C1(C)C. The molecule has 1 atom stereocenters. The maximum atomic E-state index is 13.4. The maximum Gasteiger partial charge on any atom is 0.264 e. The summed E-state index contributed by atoms with van der Waals surface area (Å²) in [6.07, 6.45) is 8.78. The number of halogens is 1. The van der Waals surface area contributed by atoms with Crippen LogP contribution in [0.15, 0.2) is 24.3 Å². The highest BCUT2D eigenvalue weighted by molar-refractivity contribution is 8.33. The lowest BCUT2D eigenvalue weighted by atomic mass is 9.83. The summed E-state index contributed by atoms with van der Waals surface area (Å²) >= 11 is 6.20. The molecule has 4 rings (SSSR count). The van der Waals surface area contributed by atoms with Gasteiger partial charge in [0.2, 0.25) is 5.91 Å². The number of hydrogen-bond acceptors (Lipinski definition) is 4. The molecule has 1 aromatic heterocycles. The fourth-order valence-electron chi connectivity index (χ4n) is 4.81. The third kappa shape index (κ3) is 3.91. The van der Waals surface area contributed by atoms with E-state index in [1.54, 1.807) is 24.0 Å². The van der Waals surface area contributed by atoms with Crippen molar-refractivity contribution in [1.82, 2.24) is 15.1 Å². The lowest BCUT2D eigenvalue weighted by molar-refractivity contribution is -0.143. The van der Waals surface area contributed by atoms with Crippen LogP contribution in [0.1, 0.15) is 51.3 Å². The van der Waals surface area contributed by atoms with Crippen LogP contribution in [0.3, 0.4) is 0 Å². The largest absolute Gasteiger partial charge is 0.479 e. The highest BCUT2D eigenvalue weighted by atomic mass is 35.5. The van der Waals surface area contributed by atoms with Crippen molar-refractivity contribution in [2.24, 2.45) is 0 Å². The first kappa shape index (κ1) is 24.0. The minimum absolute atomic E-state index is 0.0450. The van der Waals surface area contributed by atoms with Gasteiger partial charge in [0.05, 0.1) is 27.5 Å². The van der Waals surface area contributed by atoms with E-state index >= 15 is 0 Å². The number of nitrogens with zero attached hydrogens (tertiary/aromatic N) is 2. The molecule has 2 aliphatic rings. The molecule has 2 heterocycles. The second kappa shape index (κ2) is 8.24. The number of aromatic nitrogens is 2. The van der Waals surface area contributed by atoms with Crippen LogP contribution in [0.5, 0.6) is 5.75 Å². The number of carbonyl (C=O) groups is 2. The number of para-hydroxylation sites is 1. The Balaban J connectivity index is 1.53. The molecule has 1 aromatic carbocycles. The van der Waals surface area contributed by atoms with Gasteiger partial charge in [-0.15, -0.1) is 0 Å². The van der Waals surface area contributed by atoms with Gasteiger partial charge in [-0.3, -0.25) is 14.7 Å². The van der Waals surface area contributed by atoms with Gasteiger partial charge in [-0.2, -0.15) is 5.10 Å². The van der Waals surface area contributed by atoms with Crippen LogP contribution in [0.25, 0.3) is 0 Å². The van der Waals surface area contributed by atoms with Crippen LogP contribution < -0.4 is 10.1 Å². The lowest BCUT2D eigenvalue weighted by Crippen LogP contribution is -2.51. The second-order valence-corrected chi connectivity index (χ2v) is 15.1. The standard InChI is InChI=1S/C24H33ClN4O3S/c1-15(32-18-11-8-7-10-17(18)25)21(30)29-14-16-19(23(29,2)3)27-28-20(16)26-22(31)24(12-9-13-24)33(4,5)6/h7-8,10-11,15H,9,12-14H2,1-6H3,(H2,26,27,28,31). The van der Waals surface area contributed by atoms with Crippen molar-refractivity contribution in [2.45, 2.75) is 63.0 Å². The third-order valence-corrected chi connectivity index (χ3v) is 10.5. The van der Waals surface area contributed by atoms with Crippen molar-refractivity contribution >= 4 is 39.3 Å². The van der Waals surface area contributed by atoms with Crippen LogP contribution in [-0.4, -0.2) is 56.5 Å². The normalized spacial score (nSPS) is 19.9. The number of benzene rings is 1. The molecular formula is C24H33ClN4O3S. The Morgan fingerprint density at radius 3 is 2.48 bits per heavy atom. The average molecular weight is 493 g/mol. The molecule has 1 unspecified atom stereocenters. The van der Waals surface area contributed by atoms with E-state index in [0.29, 0.717) is 23.1 Å². The van der Waals surface area contributed by atoms with Crippen molar-refractivity contribution in [2.75, 3.05) is 24.1 Å². The van der Waals surface area contributed by atoms with Crippen molar-refractivity contribution in [3.8, 4) is 5.75 Å². The monoisotopic (exact) mass is 492 g/mol. The van der Waals surface area contributed by atoms with E-state index in [4.69, 9.17) is 16.3 Å². The molecule has 1 aliphatic carbocycles. The Hall–Kier alpha value is -2.19. The van der Waals surface area contributed by atoms with E-state index < -0.39 is 21.7 Å². The first-order valence-corrected chi connectivity index (χ1v) is 14.4. The summed E-state index contributed by atoms with van der Waals surface area (Å²) in [5.41, 5.74) is 1.07. The number of rotatable bonds is 6. The fourth-order valence-corrected chi connectivity index (χ4v) is 7.11. The van der Waals surface area contributed by atoms with Crippen LogP contribution in [-0.2, 0) is 21.7 Å². The fraction of sp³-hybridized carbons (Fsp3) is 0.542. The quantitative estimate of drug-likeness (QED) is 0.613. The van der Waals surface area contributed by atoms with Gasteiger partial charge in [0.25, 0.3) is 5.91 Å². The Bertz CT molecular complexity index is 1090. The van der Waals surface area contributed by atoms with Gasteiger partial charge in [-0.1, -0.05) is 23.7 Å². The molecule has 2 N–H and O–H groups in total. The van der Waals surface area contributed by atoms with Crippen molar-refractivity contribution < 1.29 is 14.3 Å². The van der Waals surface area contributed by atoms with E-state index in [9.17, 15) is 9.59 Å². The molecule has 0 radical (unpaired) electrons. The highest BCUT2D eigenvalue weighted by Crippen LogP contribution is 2.60. The topological polar surface area (TPSA) is 87.3 Å². The summed E-state index contributed by atoms with van der Waals surface area (Å²) in [4.78, 5) is 28.5. The second-order valence-electron chi connectivity index (χ2n) is 10.2. The van der Waals surface area contributed by atoms with Crippen LogP contribution in [0.4, 0.5) is 5.82 Å².